The van der Waals surface area contributed by atoms with Gasteiger partial charge in [0.2, 0.25) is 0 Å². The van der Waals surface area contributed by atoms with Crippen LogP contribution in [0, 0.1) is 5.92 Å². The molecule has 0 aromatic rings. The van der Waals surface area contributed by atoms with Gasteiger partial charge in [0.05, 0.1) is 7.11 Å². The van der Waals surface area contributed by atoms with E-state index in [1.165, 1.54) is 20.0 Å². The van der Waals surface area contributed by atoms with Crippen LogP contribution in [0.25, 0.3) is 0 Å². The molecule has 1 N–H and O–H groups in total. The van der Waals surface area contributed by atoms with Crippen molar-refractivity contribution >= 4 is 5.97 Å². The summed E-state index contributed by atoms with van der Waals surface area (Å²) in [6, 6.07) is 0.494. The van der Waals surface area contributed by atoms with Gasteiger partial charge in [-0.1, -0.05) is 40.5 Å². The van der Waals surface area contributed by atoms with Gasteiger partial charge in [-0.2, -0.15) is 0 Å². The zero-order valence-electron chi connectivity index (χ0n) is 14.6. The van der Waals surface area contributed by atoms with Crippen molar-refractivity contribution in [2.75, 3.05) is 26.7 Å². The summed E-state index contributed by atoms with van der Waals surface area (Å²) in [5.41, 5.74) is -0.463. The van der Waals surface area contributed by atoms with E-state index in [0.29, 0.717) is 6.04 Å². The van der Waals surface area contributed by atoms with Gasteiger partial charge < -0.3 is 15.0 Å². The number of nitrogens with one attached hydrogen (secondary N) is 1. The van der Waals surface area contributed by atoms with Crippen molar-refractivity contribution in [2.45, 2.75) is 71.4 Å². The zero-order valence-corrected chi connectivity index (χ0v) is 14.6. The van der Waals surface area contributed by atoms with Gasteiger partial charge in [-0.25, -0.2) is 0 Å². The van der Waals surface area contributed by atoms with Gasteiger partial charge in [0.15, 0.2) is 0 Å². The molecule has 0 amide bonds. The van der Waals surface area contributed by atoms with Crippen molar-refractivity contribution in [1.29, 1.82) is 0 Å². The Morgan fingerprint density at radius 3 is 2.48 bits per heavy atom. The maximum absolute atomic E-state index is 12.2. The van der Waals surface area contributed by atoms with Crippen LogP contribution in [0.3, 0.4) is 0 Å². The van der Waals surface area contributed by atoms with Crippen molar-refractivity contribution in [3.8, 4) is 0 Å². The minimum absolute atomic E-state index is 0.0922. The molecule has 2 unspecified atom stereocenters. The Hall–Kier alpha value is -0.610. The van der Waals surface area contributed by atoms with Gasteiger partial charge in [-0.15, -0.1) is 0 Å². The van der Waals surface area contributed by atoms with Crippen LogP contribution < -0.4 is 5.32 Å². The fourth-order valence-electron chi connectivity index (χ4n) is 3.70. The fraction of sp³-hybridized carbons (Fsp3) is 0.941. The first-order valence-corrected chi connectivity index (χ1v) is 8.64. The second-order valence-electron chi connectivity index (χ2n) is 6.27. The van der Waals surface area contributed by atoms with Crippen LogP contribution in [0.15, 0.2) is 0 Å². The Morgan fingerprint density at radius 1 is 1.33 bits per heavy atom. The molecule has 1 aliphatic rings. The molecule has 21 heavy (non-hydrogen) atoms. The number of nitrogens with zero attached hydrogens (tertiary/aromatic N) is 1. The second kappa shape index (κ2) is 8.74. The fourth-order valence-corrected chi connectivity index (χ4v) is 3.70. The normalized spacial score (nSPS) is 25.8. The summed E-state index contributed by atoms with van der Waals surface area (Å²) in [5, 5.41) is 3.40. The topological polar surface area (TPSA) is 41.6 Å². The summed E-state index contributed by atoms with van der Waals surface area (Å²) in [7, 11) is 1.50. The minimum atomic E-state index is -0.463. The number of carbonyl (C=O) groups excluding carboxylic acids is 1. The number of methoxy groups -OCH3 is 1. The summed E-state index contributed by atoms with van der Waals surface area (Å²) in [4.78, 5) is 14.8. The SMILES string of the molecule is CCNC1(C(=O)OC)CCC(N(CC)CC(CC)CC)C1. The number of ether oxygens (including phenoxy) is 1. The first-order chi connectivity index (χ1) is 10.1. The first-order valence-electron chi connectivity index (χ1n) is 8.64. The van der Waals surface area contributed by atoms with Gasteiger partial charge in [-0.05, 0) is 38.3 Å². The summed E-state index contributed by atoms with van der Waals surface area (Å²) >= 11 is 0. The van der Waals surface area contributed by atoms with Crippen LogP contribution in [0.4, 0.5) is 0 Å². The molecule has 0 spiro atoms. The Morgan fingerprint density at radius 2 is 2.00 bits per heavy atom. The van der Waals surface area contributed by atoms with E-state index >= 15 is 0 Å². The molecule has 1 rings (SSSR count). The quantitative estimate of drug-likeness (QED) is 0.665. The number of hydrogen-bond donors (Lipinski definition) is 1. The van der Waals surface area contributed by atoms with Crippen molar-refractivity contribution in [2.24, 2.45) is 5.92 Å². The maximum Gasteiger partial charge on any atom is 0.326 e. The Labute approximate surface area is 130 Å². The lowest BCUT2D eigenvalue weighted by Crippen LogP contribution is -2.52. The van der Waals surface area contributed by atoms with Gasteiger partial charge in [0.1, 0.15) is 5.54 Å². The lowest BCUT2D eigenvalue weighted by atomic mass is 9.96. The van der Waals surface area contributed by atoms with Crippen molar-refractivity contribution in [3.63, 3.8) is 0 Å². The molecular weight excluding hydrogens is 264 g/mol. The minimum Gasteiger partial charge on any atom is -0.468 e. The summed E-state index contributed by atoms with van der Waals surface area (Å²) in [6.45, 7) is 11.8. The van der Waals surface area contributed by atoms with Crippen molar-refractivity contribution in [3.05, 3.63) is 0 Å². The van der Waals surface area contributed by atoms with Crippen molar-refractivity contribution in [1.82, 2.24) is 10.2 Å². The number of rotatable bonds is 9. The van der Waals surface area contributed by atoms with E-state index in [1.54, 1.807) is 0 Å². The summed E-state index contributed by atoms with van der Waals surface area (Å²) in [5.74, 6) is 0.669. The van der Waals surface area contributed by atoms with E-state index in [2.05, 4.69) is 37.9 Å². The third-order valence-corrected chi connectivity index (χ3v) is 5.15. The van der Waals surface area contributed by atoms with Crippen LogP contribution in [-0.4, -0.2) is 49.2 Å². The highest BCUT2D eigenvalue weighted by molar-refractivity contribution is 5.81. The van der Waals surface area contributed by atoms with Gasteiger partial charge in [0, 0.05) is 12.6 Å². The third kappa shape index (κ3) is 4.43. The molecule has 0 bridgehead atoms. The lowest BCUT2D eigenvalue weighted by Gasteiger charge is -2.33. The molecule has 2 atom stereocenters. The van der Waals surface area contributed by atoms with Gasteiger partial charge >= 0.3 is 5.97 Å². The molecule has 0 aromatic carbocycles. The molecule has 0 aromatic heterocycles. The van der Waals surface area contributed by atoms with Crippen LogP contribution in [0.5, 0.6) is 0 Å². The predicted molar refractivity (Wildman–Crippen MR) is 87.4 cm³/mol. The summed E-state index contributed by atoms with van der Waals surface area (Å²) in [6.07, 6.45) is 5.30. The molecule has 4 nitrogen and oxygen atoms in total. The average molecular weight is 298 g/mol. The molecule has 1 saturated carbocycles. The summed E-state index contributed by atoms with van der Waals surface area (Å²) < 4.78 is 5.06. The Balaban J connectivity index is 2.74. The molecule has 0 aliphatic heterocycles. The first kappa shape index (κ1) is 18.4. The molecule has 0 radical (unpaired) electrons. The van der Waals surface area contributed by atoms with Crippen LogP contribution in [-0.2, 0) is 9.53 Å². The van der Waals surface area contributed by atoms with E-state index in [4.69, 9.17) is 4.74 Å². The standard InChI is InChI=1S/C17H34N2O2/c1-6-14(7-2)13-19(9-4)15-10-11-17(12-15,18-8-3)16(20)21-5/h14-15,18H,6-13H2,1-5H3. The smallest absolute Gasteiger partial charge is 0.326 e. The van der Waals surface area contributed by atoms with Crippen molar-refractivity contribution < 1.29 is 9.53 Å². The van der Waals surface area contributed by atoms with E-state index in [-0.39, 0.29) is 5.97 Å². The number of hydrogen-bond acceptors (Lipinski definition) is 4. The van der Waals surface area contributed by atoms with Crippen LogP contribution in [0.1, 0.15) is 59.8 Å². The molecule has 124 valence electrons. The molecule has 1 fully saturated rings. The van der Waals surface area contributed by atoms with Gasteiger partial charge in [-0.3, -0.25) is 4.79 Å². The predicted octanol–water partition coefficient (Wildman–Crippen LogP) is 2.82. The van der Waals surface area contributed by atoms with Crippen LogP contribution in [0.2, 0.25) is 0 Å². The average Bonchev–Trinajstić information content (AvgIpc) is 2.93. The highest BCUT2D eigenvalue weighted by Crippen LogP contribution is 2.34. The largest absolute Gasteiger partial charge is 0.468 e. The van der Waals surface area contributed by atoms with Crippen LogP contribution >= 0.6 is 0 Å². The monoisotopic (exact) mass is 298 g/mol. The molecule has 4 heteroatoms. The van der Waals surface area contributed by atoms with E-state index in [1.807, 2.05) is 0 Å². The van der Waals surface area contributed by atoms with Gasteiger partial charge in [0.25, 0.3) is 0 Å². The molecular formula is C17H34N2O2. The zero-order chi connectivity index (χ0) is 15.9. The number of likely N-dealkylation sites (N-methyl/N-ethyl adjacent to an activating group) is 1. The highest BCUT2D eigenvalue weighted by Gasteiger charge is 2.47. The number of esters is 1. The maximum atomic E-state index is 12.2. The highest BCUT2D eigenvalue weighted by atomic mass is 16.5. The number of carbonyl (C=O) groups is 1. The van der Waals surface area contributed by atoms with E-state index in [9.17, 15) is 4.79 Å². The van der Waals surface area contributed by atoms with E-state index in [0.717, 1.165) is 44.8 Å². The Bertz CT molecular complexity index is 318. The molecule has 0 saturated heterocycles. The molecule has 0 heterocycles. The molecule has 1 aliphatic carbocycles. The third-order valence-electron chi connectivity index (χ3n) is 5.15. The second-order valence-corrected chi connectivity index (χ2v) is 6.27. The Kier molecular flexibility index (Phi) is 7.67. The lowest BCUT2D eigenvalue weighted by molar-refractivity contribution is -0.148. The van der Waals surface area contributed by atoms with E-state index < -0.39 is 5.54 Å².